The first-order valence-corrected chi connectivity index (χ1v) is 50.5. The van der Waals surface area contributed by atoms with Crippen LogP contribution >= 0.6 is 0 Å². The van der Waals surface area contributed by atoms with Gasteiger partial charge in [-0.05, 0) is 123 Å². The Bertz CT molecular complexity index is 5030. The highest BCUT2D eigenvalue weighted by atomic mass is 16.1. The predicted octanol–water partition coefficient (Wildman–Crippen LogP) is 6.75. The van der Waals surface area contributed by atoms with Gasteiger partial charge < -0.3 is 5.32 Å². The highest BCUT2D eigenvalue weighted by molar-refractivity contribution is 5.92. The van der Waals surface area contributed by atoms with Crippen molar-refractivity contribution in [2.45, 2.75) is 126 Å². The average molecular weight is 1860 g/mol. The van der Waals surface area contributed by atoms with Crippen LogP contribution in [-0.4, -0.2) is 400 Å². The zero-order valence-electron chi connectivity index (χ0n) is 81.9. The minimum Gasteiger partial charge on any atom is -0.310 e. The molecular formula is C106H147N27O4. The quantitative estimate of drug-likeness (QED) is 0.124. The van der Waals surface area contributed by atoms with Crippen molar-refractivity contribution in [3.05, 3.63) is 267 Å². The fourth-order valence-corrected chi connectivity index (χ4v) is 20.1. The van der Waals surface area contributed by atoms with Gasteiger partial charge >= 0.3 is 0 Å². The Kier molecular flexibility index (Phi) is 38.1. The van der Waals surface area contributed by atoms with E-state index in [1.807, 2.05) is 36.5 Å². The van der Waals surface area contributed by atoms with Gasteiger partial charge in [0.05, 0.1) is 98.5 Å². The molecule has 0 amide bonds. The van der Waals surface area contributed by atoms with E-state index in [0.717, 1.165) is 382 Å². The van der Waals surface area contributed by atoms with Crippen LogP contribution in [0.4, 0.5) is 0 Å². The maximum Gasteiger partial charge on any atom is 0.178 e. The van der Waals surface area contributed by atoms with Crippen LogP contribution in [0.15, 0.2) is 170 Å². The number of hydrogen-bond donors (Lipinski definition) is 1. The number of hydrogen-bond acceptors (Lipinski definition) is 31. The number of nitrogens with one attached hydrogen (secondary N) is 1. The van der Waals surface area contributed by atoms with Crippen LogP contribution in [0.5, 0.6) is 0 Å². The van der Waals surface area contributed by atoms with Crippen molar-refractivity contribution in [1.82, 2.24) is 133 Å². The van der Waals surface area contributed by atoms with Crippen molar-refractivity contribution in [3.63, 3.8) is 0 Å². The first-order valence-electron chi connectivity index (χ1n) is 50.5. The molecule has 137 heavy (non-hydrogen) atoms. The van der Waals surface area contributed by atoms with Gasteiger partial charge in [0.25, 0.3) is 0 Å². The lowest BCUT2D eigenvalue weighted by Gasteiger charge is -2.36. The highest BCUT2D eigenvalue weighted by Crippen LogP contribution is 2.22. The Morgan fingerprint density at radius 2 is 0.453 bits per heavy atom. The number of aromatic nitrogens is 9. The number of rotatable bonds is 12. The molecule has 9 aromatic heterocycles. The summed E-state index contributed by atoms with van der Waals surface area (Å²) in [7, 11) is 0. The molecule has 18 aliphatic rings. The van der Waals surface area contributed by atoms with Gasteiger partial charge in [-0.25, -0.2) is 9.97 Å². The van der Waals surface area contributed by atoms with Crippen LogP contribution in [0.3, 0.4) is 0 Å². The zero-order valence-corrected chi connectivity index (χ0v) is 81.9. The van der Waals surface area contributed by atoms with Gasteiger partial charge in [0.2, 0.25) is 0 Å². The van der Waals surface area contributed by atoms with Crippen molar-refractivity contribution in [2.24, 2.45) is 0 Å². The molecule has 9 aromatic rings. The van der Waals surface area contributed by atoms with Crippen molar-refractivity contribution in [2.75, 3.05) is 249 Å². The molecule has 0 spiro atoms. The van der Waals surface area contributed by atoms with Gasteiger partial charge in [0.1, 0.15) is 23.0 Å². The molecule has 27 heterocycles. The second-order valence-electron chi connectivity index (χ2n) is 39.0. The maximum atomic E-state index is 11.7. The number of pyridine rings is 9. The molecule has 18 aliphatic heterocycles. The lowest BCUT2D eigenvalue weighted by molar-refractivity contribution is -0.119. The Balaban J connectivity index is 0.000000120. The van der Waals surface area contributed by atoms with E-state index in [0.29, 0.717) is 24.5 Å². The van der Waals surface area contributed by atoms with Gasteiger partial charge in [-0.3, -0.25) is 137 Å². The summed E-state index contributed by atoms with van der Waals surface area (Å²) in [5, 5.41) is 3.48. The SMILES string of the molecule is CC(=O)CN1CCN2CCN(CC2)Cc2cccc(n2)C1.CC(=O)CN1CCN2CCN(CC2)Cc2cccc(n2)C1.CC(=O)c1cccc(CN2CCN3CCN(CC3)Cc3cccc(n3)C2)n1.CC(=O)c1cccc(CN2CCN3CCN(CC3)Cc3cccc(n3)C2)n1.c1cc2nc(c1)CN1CCN(CCNC2)CC1.c1ccc(CN2CCN3CCN(CC3)Cc3cccc(n3)C2)nc1. The summed E-state index contributed by atoms with van der Waals surface area (Å²) in [4.78, 5) is 131. The van der Waals surface area contributed by atoms with Gasteiger partial charge in [-0.2, -0.15) is 0 Å². The predicted molar refractivity (Wildman–Crippen MR) is 534 cm³/mol. The molecule has 0 atom stereocenters. The fourth-order valence-electron chi connectivity index (χ4n) is 20.1. The molecule has 31 nitrogen and oxygen atoms in total. The van der Waals surface area contributed by atoms with E-state index < -0.39 is 0 Å². The van der Waals surface area contributed by atoms with Crippen LogP contribution in [0.25, 0.3) is 0 Å². The lowest BCUT2D eigenvalue weighted by Crippen LogP contribution is -2.48. The standard InChI is InChI=1S/2C21H27N5O.C19H25N5.2C16H24N4O.C13H20N4/c2*1-17(27)21-7-3-6-20(23-21)16-26-13-10-24-8-11-25(12-9-24)14-18-4-2-5-19(15-26)22-18;1-2-7-20-17(4-1)14-24-13-10-22-8-11-23(12-9-22)15-18-5-3-6-19(16-24)21-18;2*1-14(21)11-20-10-7-18-5-8-19(9-6-18)12-15-3-2-4-16(13-20)17-15;1-2-12-10-14-4-5-16-6-8-17(9-7-16)11-13(3-1)15-12/h2*2-7H,8-16H2,1H3;1-7H,8-16H2;2*2-4H,5-13H2,1H3;1-3,14H,4-11H2. The van der Waals surface area contributed by atoms with Gasteiger partial charge in [-0.1, -0.05) is 54.6 Å². The third-order valence-electron chi connectivity index (χ3n) is 27.9. The van der Waals surface area contributed by atoms with Gasteiger partial charge in [-0.15, -0.1) is 0 Å². The first kappa shape index (κ1) is 100. The van der Waals surface area contributed by atoms with Crippen molar-refractivity contribution in [3.8, 4) is 0 Å². The van der Waals surface area contributed by atoms with Gasteiger partial charge in [0.15, 0.2) is 11.6 Å². The number of nitrogens with zero attached hydrogens (tertiary/aromatic N) is 26. The van der Waals surface area contributed by atoms with Crippen LogP contribution in [-0.2, 0) is 108 Å². The normalized spacial score (nSPS) is 25.5. The Hall–Kier alpha value is -9.69. The molecule has 0 unspecified atom stereocenters. The summed E-state index contributed by atoms with van der Waals surface area (Å²) < 4.78 is 0. The second-order valence-corrected chi connectivity index (χ2v) is 39.0. The highest BCUT2D eigenvalue weighted by Gasteiger charge is 2.29. The van der Waals surface area contributed by atoms with Crippen LogP contribution < -0.4 is 5.32 Å². The lowest BCUT2D eigenvalue weighted by atomic mass is 10.2. The van der Waals surface area contributed by atoms with Crippen molar-refractivity contribution in [1.29, 1.82) is 0 Å². The molecule has 730 valence electrons. The number of fused-ring (bicyclic) bond motifs is 30. The molecule has 0 aromatic carbocycles. The summed E-state index contributed by atoms with van der Waals surface area (Å²) >= 11 is 0. The molecule has 0 radical (unpaired) electrons. The van der Waals surface area contributed by atoms with E-state index in [1.54, 1.807) is 39.8 Å². The number of piperazine rings is 6. The molecule has 31 heteroatoms. The molecule has 6 saturated heterocycles. The number of carbonyl (C=O) groups excluding carboxylic acids is 4. The third kappa shape index (κ3) is 33.2. The fraction of sp³-hybridized carbons (Fsp3) is 0.538. The molecule has 27 rings (SSSR count). The zero-order chi connectivity index (χ0) is 94.3. The minimum atomic E-state index is 0.0118. The summed E-state index contributed by atoms with van der Waals surface area (Å²) in [5.74, 6) is 0.474. The molecule has 6 fully saturated rings. The smallest absolute Gasteiger partial charge is 0.178 e. The number of ketones is 4. The van der Waals surface area contributed by atoms with E-state index in [9.17, 15) is 19.2 Å². The van der Waals surface area contributed by atoms with Gasteiger partial charge in [0, 0.05) is 354 Å². The summed E-state index contributed by atoms with van der Waals surface area (Å²) in [6, 6.07) is 55.6. The summed E-state index contributed by atoms with van der Waals surface area (Å²) in [6.45, 7) is 60.0. The van der Waals surface area contributed by atoms with Crippen LogP contribution in [0.2, 0.25) is 0 Å². The molecular weight excluding hydrogens is 1720 g/mol. The van der Waals surface area contributed by atoms with E-state index in [-0.39, 0.29) is 23.1 Å². The third-order valence-corrected chi connectivity index (χ3v) is 27.9. The minimum absolute atomic E-state index is 0.0118. The first-order chi connectivity index (χ1) is 66.9. The van der Waals surface area contributed by atoms with E-state index >= 15 is 0 Å². The molecule has 0 saturated carbocycles. The maximum absolute atomic E-state index is 11.7. The topological polar surface area (TPSA) is 251 Å². The molecule has 0 aliphatic carbocycles. The van der Waals surface area contributed by atoms with E-state index in [1.165, 1.54) is 37.6 Å². The largest absolute Gasteiger partial charge is 0.310 e. The monoisotopic (exact) mass is 1860 g/mol. The van der Waals surface area contributed by atoms with Crippen LogP contribution in [0, 0.1) is 0 Å². The molecule has 24 bridgehead atoms. The number of carbonyl (C=O) groups is 4. The Morgan fingerprint density at radius 1 is 0.226 bits per heavy atom. The van der Waals surface area contributed by atoms with Crippen LogP contribution in [0.1, 0.15) is 134 Å². The Labute approximate surface area is 812 Å². The van der Waals surface area contributed by atoms with Crippen molar-refractivity contribution < 1.29 is 19.2 Å². The average Bonchev–Trinajstić information content (AvgIpc) is 0.851. The molecule has 1 N–H and O–H groups in total. The number of Topliss-reactive ketones (excluding diaryl/α,β-unsaturated/α-hetero) is 4. The Morgan fingerprint density at radius 3 is 0.730 bits per heavy atom. The second kappa shape index (κ2) is 52.0. The summed E-state index contributed by atoms with van der Waals surface area (Å²) in [5.41, 5.74) is 17.7. The van der Waals surface area contributed by atoms with Crippen molar-refractivity contribution >= 4 is 23.1 Å². The van der Waals surface area contributed by atoms with E-state index in [2.05, 4.69) is 225 Å². The summed E-state index contributed by atoms with van der Waals surface area (Å²) in [6.07, 6.45) is 1.88. The van der Waals surface area contributed by atoms with E-state index in [4.69, 9.17) is 29.9 Å².